The predicted molar refractivity (Wildman–Crippen MR) is 74.0 cm³/mol. The van der Waals surface area contributed by atoms with Gasteiger partial charge in [-0.25, -0.2) is 0 Å². The van der Waals surface area contributed by atoms with E-state index in [0.29, 0.717) is 0 Å². The molecule has 1 nitrogen and oxygen atoms in total. The second-order valence-corrected chi connectivity index (χ2v) is 6.41. The molecule has 0 spiro atoms. The maximum atomic E-state index is 6.31. The molecule has 0 amide bonds. The van der Waals surface area contributed by atoms with E-state index in [1.165, 1.54) is 44.9 Å². The normalized spacial score (nSPS) is 24.4. The van der Waals surface area contributed by atoms with Gasteiger partial charge in [-0.15, -0.1) is 23.2 Å². The number of ether oxygens (including phenoxy) is 1. The van der Waals surface area contributed by atoms with Gasteiger partial charge in [0.2, 0.25) is 0 Å². The first-order valence-electron chi connectivity index (χ1n) is 7.00. The lowest BCUT2D eigenvalue weighted by molar-refractivity contribution is 0.0430. The summed E-state index contributed by atoms with van der Waals surface area (Å²) in [6.45, 7) is 1.85. The molecule has 3 heteroatoms. The molecular weight excluding hydrogens is 255 g/mol. The van der Waals surface area contributed by atoms with Crippen molar-refractivity contribution in [3.05, 3.63) is 0 Å². The predicted octanol–water partition coefficient (Wildman–Crippen LogP) is 4.46. The van der Waals surface area contributed by atoms with Gasteiger partial charge < -0.3 is 4.74 Å². The fourth-order valence-electron chi connectivity index (χ4n) is 3.59. The van der Waals surface area contributed by atoms with Crippen LogP contribution in [-0.2, 0) is 4.74 Å². The van der Waals surface area contributed by atoms with E-state index in [1.54, 1.807) is 0 Å². The van der Waals surface area contributed by atoms with Crippen molar-refractivity contribution in [2.75, 3.05) is 25.0 Å². The zero-order valence-corrected chi connectivity index (χ0v) is 12.1. The minimum Gasteiger partial charge on any atom is -0.381 e. The molecular formula is C14H24Cl2O. The van der Waals surface area contributed by atoms with Crippen LogP contribution in [0.4, 0.5) is 0 Å². The Morgan fingerprint density at radius 3 is 2.06 bits per heavy atom. The summed E-state index contributed by atoms with van der Waals surface area (Å²) in [6.07, 6.45) is 9.02. The number of rotatable bonds is 5. The fourth-order valence-corrected chi connectivity index (χ4v) is 4.53. The van der Waals surface area contributed by atoms with E-state index in [1.807, 2.05) is 0 Å². The first-order chi connectivity index (χ1) is 8.30. The van der Waals surface area contributed by atoms with Gasteiger partial charge in [0.15, 0.2) is 0 Å². The minimum absolute atomic E-state index is 0.196. The lowest BCUT2D eigenvalue weighted by Crippen LogP contribution is -2.36. The van der Waals surface area contributed by atoms with E-state index >= 15 is 0 Å². The zero-order valence-electron chi connectivity index (χ0n) is 10.6. The van der Waals surface area contributed by atoms with Crippen LogP contribution in [0.2, 0.25) is 0 Å². The van der Waals surface area contributed by atoms with Gasteiger partial charge >= 0.3 is 0 Å². The highest BCUT2D eigenvalue weighted by molar-refractivity contribution is 6.21. The summed E-state index contributed by atoms with van der Waals surface area (Å²) < 4.78 is 5.44. The Morgan fingerprint density at radius 1 is 0.941 bits per heavy atom. The van der Waals surface area contributed by atoms with E-state index in [9.17, 15) is 0 Å². The molecule has 0 unspecified atom stereocenters. The fraction of sp³-hybridized carbons (Fsp3) is 1.00. The van der Waals surface area contributed by atoms with Gasteiger partial charge in [-0.05, 0) is 43.9 Å². The van der Waals surface area contributed by atoms with E-state index < -0.39 is 0 Å². The van der Waals surface area contributed by atoms with Crippen molar-refractivity contribution in [2.24, 2.45) is 17.3 Å². The van der Waals surface area contributed by atoms with Gasteiger partial charge in [0.25, 0.3) is 0 Å². The summed E-state index contributed by atoms with van der Waals surface area (Å²) in [6, 6.07) is 0. The Hall–Kier alpha value is 0.540. The van der Waals surface area contributed by atoms with Crippen LogP contribution >= 0.6 is 23.2 Å². The SMILES string of the molecule is ClCC(CCl)(CC1CCOCC1)C1CCCC1. The highest BCUT2D eigenvalue weighted by Crippen LogP contribution is 2.47. The number of alkyl halides is 2. The van der Waals surface area contributed by atoms with Crippen molar-refractivity contribution in [2.45, 2.75) is 44.9 Å². The third-order valence-corrected chi connectivity index (χ3v) is 5.85. The Kier molecular flexibility index (Phi) is 5.45. The Morgan fingerprint density at radius 2 is 1.53 bits per heavy atom. The summed E-state index contributed by atoms with van der Waals surface area (Å²) in [5.41, 5.74) is 0.196. The number of halogens is 2. The molecule has 0 atom stereocenters. The molecule has 2 fully saturated rings. The average molecular weight is 279 g/mol. The van der Waals surface area contributed by atoms with Crippen molar-refractivity contribution in [3.8, 4) is 0 Å². The molecule has 2 aliphatic rings. The summed E-state index contributed by atoms with van der Waals surface area (Å²) >= 11 is 12.6. The summed E-state index contributed by atoms with van der Waals surface area (Å²) in [5, 5.41) is 0. The second kappa shape index (κ2) is 6.63. The highest BCUT2D eigenvalue weighted by Gasteiger charge is 2.40. The average Bonchev–Trinajstić information content (AvgIpc) is 2.92. The Bertz CT molecular complexity index is 216. The van der Waals surface area contributed by atoms with E-state index in [2.05, 4.69) is 0 Å². The molecule has 2 rings (SSSR count). The van der Waals surface area contributed by atoms with Crippen LogP contribution in [0.3, 0.4) is 0 Å². The van der Waals surface area contributed by atoms with Crippen molar-refractivity contribution < 1.29 is 4.74 Å². The maximum Gasteiger partial charge on any atom is 0.0468 e. The molecule has 1 saturated carbocycles. The standard InChI is InChI=1S/C14H24Cl2O/c15-10-14(11-16,13-3-1-2-4-13)9-12-5-7-17-8-6-12/h12-13H,1-11H2. The Balaban J connectivity index is 1.98. The smallest absolute Gasteiger partial charge is 0.0468 e. The molecule has 1 aliphatic heterocycles. The molecule has 0 aromatic rings. The lowest BCUT2D eigenvalue weighted by atomic mass is 9.70. The third-order valence-electron chi connectivity index (χ3n) is 4.79. The largest absolute Gasteiger partial charge is 0.381 e. The first-order valence-corrected chi connectivity index (χ1v) is 8.07. The maximum absolute atomic E-state index is 6.31. The van der Waals surface area contributed by atoms with Crippen molar-refractivity contribution in [1.29, 1.82) is 0 Å². The highest BCUT2D eigenvalue weighted by atomic mass is 35.5. The lowest BCUT2D eigenvalue weighted by Gasteiger charge is -2.39. The van der Waals surface area contributed by atoms with Crippen molar-refractivity contribution >= 4 is 23.2 Å². The van der Waals surface area contributed by atoms with Gasteiger partial charge in [0.1, 0.15) is 0 Å². The van der Waals surface area contributed by atoms with Crippen LogP contribution < -0.4 is 0 Å². The summed E-state index contributed by atoms with van der Waals surface area (Å²) in [7, 11) is 0. The van der Waals surface area contributed by atoms with Gasteiger partial charge in [0, 0.05) is 30.4 Å². The van der Waals surface area contributed by atoms with Crippen LogP contribution in [-0.4, -0.2) is 25.0 Å². The van der Waals surface area contributed by atoms with Gasteiger partial charge in [0.05, 0.1) is 0 Å². The summed E-state index contributed by atoms with van der Waals surface area (Å²) in [5.74, 6) is 3.01. The molecule has 0 aromatic carbocycles. The van der Waals surface area contributed by atoms with Crippen LogP contribution in [0.25, 0.3) is 0 Å². The quantitative estimate of drug-likeness (QED) is 0.675. The van der Waals surface area contributed by atoms with Gasteiger partial charge in [-0.3, -0.25) is 0 Å². The minimum atomic E-state index is 0.196. The molecule has 100 valence electrons. The van der Waals surface area contributed by atoms with E-state index in [-0.39, 0.29) is 5.41 Å². The number of hydrogen-bond acceptors (Lipinski definition) is 1. The molecule has 0 N–H and O–H groups in total. The Labute approximate surface area is 115 Å². The molecule has 1 heterocycles. The molecule has 0 aromatic heterocycles. The van der Waals surface area contributed by atoms with Gasteiger partial charge in [-0.2, -0.15) is 0 Å². The molecule has 0 radical (unpaired) electrons. The topological polar surface area (TPSA) is 9.23 Å². The zero-order chi connectivity index (χ0) is 12.1. The summed E-state index contributed by atoms with van der Waals surface area (Å²) in [4.78, 5) is 0. The van der Waals surface area contributed by atoms with Gasteiger partial charge in [-0.1, -0.05) is 12.8 Å². The second-order valence-electron chi connectivity index (χ2n) is 5.87. The van der Waals surface area contributed by atoms with Crippen molar-refractivity contribution in [1.82, 2.24) is 0 Å². The monoisotopic (exact) mass is 278 g/mol. The molecule has 17 heavy (non-hydrogen) atoms. The molecule has 1 saturated heterocycles. The van der Waals surface area contributed by atoms with Crippen LogP contribution in [0.15, 0.2) is 0 Å². The van der Waals surface area contributed by atoms with E-state index in [0.717, 1.165) is 36.8 Å². The van der Waals surface area contributed by atoms with Crippen LogP contribution in [0, 0.1) is 17.3 Å². The van der Waals surface area contributed by atoms with E-state index in [4.69, 9.17) is 27.9 Å². The molecule has 1 aliphatic carbocycles. The van der Waals surface area contributed by atoms with Crippen LogP contribution in [0.5, 0.6) is 0 Å². The molecule has 0 bridgehead atoms. The third kappa shape index (κ3) is 3.30. The van der Waals surface area contributed by atoms with Crippen molar-refractivity contribution in [3.63, 3.8) is 0 Å². The number of hydrogen-bond donors (Lipinski definition) is 0. The van der Waals surface area contributed by atoms with Crippen LogP contribution in [0.1, 0.15) is 44.9 Å². The first kappa shape index (κ1) is 14.0.